The molecule has 0 bridgehead atoms. The van der Waals surface area contributed by atoms with Gasteiger partial charge in [0.15, 0.2) is 0 Å². The Labute approximate surface area is 133 Å². The number of nitrogens with one attached hydrogen (secondary N) is 1. The predicted molar refractivity (Wildman–Crippen MR) is 86.9 cm³/mol. The molecule has 0 aromatic heterocycles. The van der Waals surface area contributed by atoms with E-state index in [4.69, 9.17) is 21.1 Å². The minimum Gasteiger partial charge on any atom is -0.376 e. The summed E-state index contributed by atoms with van der Waals surface area (Å²) in [6, 6.07) is 7.93. The van der Waals surface area contributed by atoms with Gasteiger partial charge in [0.05, 0.1) is 18.8 Å². The van der Waals surface area contributed by atoms with Crippen LogP contribution in [0.1, 0.15) is 44.3 Å². The van der Waals surface area contributed by atoms with E-state index in [0.717, 1.165) is 37.6 Å². The van der Waals surface area contributed by atoms with E-state index in [1.807, 2.05) is 24.3 Å². The molecule has 1 aromatic rings. The topological polar surface area (TPSA) is 30.5 Å². The van der Waals surface area contributed by atoms with E-state index in [1.54, 1.807) is 0 Å². The van der Waals surface area contributed by atoms with Gasteiger partial charge in [-0.25, -0.2) is 0 Å². The predicted octanol–water partition coefficient (Wildman–Crippen LogP) is 3.97. The summed E-state index contributed by atoms with van der Waals surface area (Å²) in [7, 11) is 0. The third-order valence-electron chi connectivity index (χ3n) is 3.76. The van der Waals surface area contributed by atoms with Crippen LogP contribution in [0.25, 0.3) is 0 Å². The average molecular weight is 312 g/mol. The van der Waals surface area contributed by atoms with Gasteiger partial charge < -0.3 is 14.8 Å². The molecule has 2 rings (SSSR count). The minimum atomic E-state index is 0.0549. The van der Waals surface area contributed by atoms with Crippen molar-refractivity contribution in [3.8, 4) is 0 Å². The molecular weight excluding hydrogens is 286 g/mol. The summed E-state index contributed by atoms with van der Waals surface area (Å²) in [5.41, 5.74) is 1.17. The van der Waals surface area contributed by atoms with E-state index in [9.17, 15) is 0 Å². The number of hydrogen-bond acceptors (Lipinski definition) is 3. The van der Waals surface area contributed by atoms with E-state index >= 15 is 0 Å². The van der Waals surface area contributed by atoms with Gasteiger partial charge in [0.1, 0.15) is 0 Å². The highest BCUT2D eigenvalue weighted by molar-refractivity contribution is 6.30. The summed E-state index contributed by atoms with van der Waals surface area (Å²) in [5, 5.41) is 4.20. The first-order chi connectivity index (χ1) is 10.3. The molecule has 0 radical (unpaired) electrons. The van der Waals surface area contributed by atoms with Crippen molar-refractivity contribution in [2.75, 3.05) is 26.3 Å². The maximum atomic E-state index is 6.12. The summed E-state index contributed by atoms with van der Waals surface area (Å²) >= 11 is 5.97. The second-order valence-corrected chi connectivity index (χ2v) is 6.00. The summed E-state index contributed by atoms with van der Waals surface area (Å²) in [5.74, 6) is 0. The molecule has 1 N–H and O–H groups in total. The van der Waals surface area contributed by atoms with Crippen LogP contribution < -0.4 is 5.32 Å². The fraction of sp³-hybridized carbons (Fsp3) is 0.647. The number of hydrogen-bond donors (Lipinski definition) is 1. The second kappa shape index (κ2) is 9.42. The van der Waals surface area contributed by atoms with Crippen LogP contribution in [0.4, 0.5) is 0 Å². The summed E-state index contributed by atoms with van der Waals surface area (Å²) in [6.45, 7) is 5.53. The second-order valence-electron chi connectivity index (χ2n) is 5.57. The van der Waals surface area contributed by atoms with E-state index in [1.165, 1.54) is 18.4 Å². The Morgan fingerprint density at radius 3 is 2.81 bits per heavy atom. The molecule has 3 nitrogen and oxygen atoms in total. The number of ether oxygens (including phenoxy) is 2. The third-order valence-corrected chi connectivity index (χ3v) is 4.01. The largest absolute Gasteiger partial charge is 0.376 e. The third kappa shape index (κ3) is 5.95. The highest BCUT2D eigenvalue weighted by Gasteiger charge is 2.18. The zero-order chi connectivity index (χ0) is 14.9. The summed E-state index contributed by atoms with van der Waals surface area (Å²) in [4.78, 5) is 0. The molecule has 1 fully saturated rings. The van der Waals surface area contributed by atoms with Crippen molar-refractivity contribution in [2.45, 2.75) is 44.8 Å². The Morgan fingerprint density at radius 2 is 2.14 bits per heavy atom. The lowest BCUT2D eigenvalue weighted by molar-refractivity contribution is -0.0633. The lowest BCUT2D eigenvalue weighted by Crippen LogP contribution is -2.29. The van der Waals surface area contributed by atoms with Crippen molar-refractivity contribution in [3.05, 3.63) is 34.9 Å². The summed E-state index contributed by atoms with van der Waals surface area (Å²) < 4.78 is 11.9. The fourth-order valence-electron chi connectivity index (χ4n) is 2.52. The van der Waals surface area contributed by atoms with Crippen LogP contribution in [0.3, 0.4) is 0 Å². The van der Waals surface area contributed by atoms with Gasteiger partial charge in [-0.2, -0.15) is 0 Å². The van der Waals surface area contributed by atoms with Crippen LogP contribution in [-0.4, -0.2) is 32.4 Å². The maximum absolute atomic E-state index is 6.12. The average Bonchev–Trinajstić information content (AvgIpc) is 2.53. The molecule has 1 aromatic carbocycles. The van der Waals surface area contributed by atoms with Gasteiger partial charge in [0.25, 0.3) is 0 Å². The first kappa shape index (κ1) is 16.8. The van der Waals surface area contributed by atoms with Crippen molar-refractivity contribution >= 4 is 11.6 Å². The Hall–Kier alpha value is -0.610. The van der Waals surface area contributed by atoms with Crippen LogP contribution in [0.5, 0.6) is 0 Å². The molecule has 0 spiro atoms. The first-order valence-electron chi connectivity index (χ1n) is 7.99. The monoisotopic (exact) mass is 311 g/mol. The molecular formula is C17H26ClNO2. The zero-order valence-electron chi connectivity index (χ0n) is 12.8. The van der Waals surface area contributed by atoms with E-state index in [2.05, 4.69) is 12.2 Å². The molecule has 1 aliphatic rings. The van der Waals surface area contributed by atoms with E-state index < -0.39 is 0 Å². The Balaban J connectivity index is 1.89. The number of halogens is 1. The Bertz CT molecular complexity index is 390. The first-order valence-corrected chi connectivity index (χ1v) is 8.36. The van der Waals surface area contributed by atoms with Crippen LogP contribution in [0.15, 0.2) is 24.3 Å². The fourth-order valence-corrected chi connectivity index (χ4v) is 2.65. The quantitative estimate of drug-likeness (QED) is 0.737. The molecule has 4 heteroatoms. The Morgan fingerprint density at radius 1 is 1.33 bits per heavy atom. The lowest BCUT2D eigenvalue weighted by atomic mass is 10.1. The van der Waals surface area contributed by atoms with E-state index in [0.29, 0.717) is 6.61 Å². The highest BCUT2D eigenvalue weighted by atomic mass is 35.5. The minimum absolute atomic E-state index is 0.0549. The molecule has 0 saturated carbocycles. The molecule has 21 heavy (non-hydrogen) atoms. The van der Waals surface area contributed by atoms with Crippen LogP contribution in [0, 0.1) is 0 Å². The molecule has 0 amide bonds. The van der Waals surface area contributed by atoms with Gasteiger partial charge >= 0.3 is 0 Å². The highest BCUT2D eigenvalue weighted by Crippen LogP contribution is 2.21. The van der Waals surface area contributed by atoms with Crippen LogP contribution >= 0.6 is 11.6 Å². The molecule has 1 heterocycles. The van der Waals surface area contributed by atoms with E-state index in [-0.39, 0.29) is 12.2 Å². The van der Waals surface area contributed by atoms with Crippen molar-refractivity contribution < 1.29 is 9.47 Å². The van der Waals surface area contributed by atoms with Crippen LogP contribution in [-0.2, 0) is 9.47 Å². The number of benzene rings is 1. The Kier molecular flexibility index (Phi) is 7.51. The molecule has 2 unspecified atom stereocenters. The van der Waals surface area contributed by atoms with Gasteiger partial charge in [0, 0.05) is 18.2 Å². The van der Waals surface area contributed by atoms with Gasteiger partial charge in [-0.15, -0.1) is 0 Å². The number of rotatable bonds is 8. The standard InChI is InChI=1S/C17H26ClNO2/c1-2-10-19-12-17(14-6-8-15(18)9-7-14)21-13-16-5-3-4-11-20-16/h6-9,16-17,19H,2-5,10-13H2,1H3. The van der Waals surface area contributed by atoms with Gasteiger partial charge in [0.2, 0.25) is 0 Å². The van der Waals surface area contributed by atoms with Gasteiger partial charge in [-0.05, 0) is 49.9 Å². The SMILES string of the molecule is CCCNCC(OCC1CCCCO1)c1ccc(Cl)cc1. The van der Waals surface area contributed by atoms with Gasteiger partial charge in [-0.3, -0.25) is 0 Å². The molecule has 2 atom stereocenters. The lowest BCUT2D eigenvalue weighted by Gasteiger charge is -2.26. The van der Waals surface area contributed by atoms with Crippen LogP contribution in [0.2, 0.25) is 5.02 Å². The molecule has 1 saturated heterocycles. The van der Waals surface area contributed by atoms with Gasteiger partial charge in [-0.1, -0.05) is 30.7 Å². The molecule has 0 aliphatic carbocycles. The smallest absolute Gasteiger partial charge is 0.0950 e. The van der Waals surface area contributed by atoms with Crippen molar-refractivity contribution in [3.63, 3.8) is 0 Å². The van der Waals surface area contributed by atoms with Crippen molar-refractivity contribution in [2.24, 2.45) is 0 Å². The zero-order valence-corrected chi connectivity index (χ0v) is 13.6. The molecule has 118 valence electrons. The summed E-state index contributed by atoms with van der Waals surface area (Å²) in [6.07, 6.45) is 4.96. The molecule has 1 aliphatic heterocycles. The maximum Gasteiger partial charge on any atom is 0.0950 e. The van der Waals surface area contributed by atoms with Crippen molar-refractivity contribution in [1.82, 2.24) is 5.32 Å². The van der Waals surface area contributed by atoms with Crippen molar-refractivity contribution in [1.29, 1.82) is 0 Å². The normalized spacial score (nSPS) is 20.4.